The maximum atomic E-state index is 11.2. The van der Waals surface area contributed by atoms with Crippen LogP contribution in [0.4, 0.5) is 0 Å². The van der Waals surface area contributed by atoms with E-state index in [9.17, 15) is 4.79 Å². The Bertz CT molecular complexity index is 160. The number of ether oxygens (including phenoxy) is 1. The highest BCUT2D eigenvalue weighted by Crippen LogP contribution is 1.86. The lowest BCUT2D eigenvalue weighted by molar-refractivity contribution is -0.120. The van der Waals surface area contributed by atoms with Gasteiger partial charge in [-0.2, -0.15) is 0 Å². The van der Waals surface area contributed by atoms with E-state index in [0.717, 1.165) is 0 Å². The van der Waals surface area contributed by atoms with Crippen molar-refractivity contribution in [2.24, 2.45) is 0 Å². The standard InChI is InChI=1S/C10H22N2O2/c1-5-14-9(4)6-12-10(13)7-11-8(2)3/h8-9,11H,5-7H2,1-4H3,(H,12,13). The second kappa shape index (κ2) is 7.76. The summed E-state index contributed by atoms with van der Waals surface area (Å²) < 4.78 is 5.28. The third kappa shape index (κ3) is 8.01. The largest absolute Gasteiger partial charge is 0.377 e. The molecule has 0 fully saturated rings. The number of carbonyl (C=O) groups excluding carboxylic acids is 1. The van der Waals surface area contributed by atoms with Crippen molar-refractivity contribution in [3.8, 4) is 0 Å². The summed E-state index contributed by atoms with van der Waals surface area (Å²) in [7, 11) is 0. The molecule has 14 heavy (non-hydrogen) atoms. The monoisotopic (exact) mass is 202 g/mol. The minimum Gasteiger partial charge on any atom is -0.377 e. The van der Waals surface area contributed by atoms with E-state index in [2.05, 4.69) is 10.6 Å². The lowest BCUT2D eigenvalue weighted by Gasteiger charge is -2.13. The normalized spacial score (nSPS) is 12.9. The van der Waals surface area contributed by atoms with Crippen LogP contribution in [-0.2, 0) is 9.53 Å². The molecule has 4 heteroatoms. The number of hydrogen-bond acceptors (Lipinski definition) is 3. The molecule has 1 atom stereocenters. The maximum Gasteiger partial charge on any atom is 0.234 e. The molecule has 4 nitrogen and oxygen atoms in total. The predicted molar refractivity (Wildman–Crippen MR) is 57.2 cm³/mol. The summed E-state index contributed by atoms with van der Waals surface area (Å²) in [6, 6.07) is 0.338. The molecule has 0 heterocycles. The molecule has 0 aliphatic rings. The Morgan fingerprint density at radius 1 is 1.36 bits per heavy atom. The number of amides is 1. The highest BCUT2D eigenvalue weighted by atomic mass is 16.5. The van der Waals surface area contributed by atoms with Gasteiger partial charge in [-0.25, -0.2) is 0 Å². The van der Waals surface area contributed by atoms with Crippen molar-refractivity contribution in [3.63, 3.8) is 0 Å². The van der Waals surface area contributed by atoms with Crippen LogP contribution in [0.25, 0.3) is 0 Å². The molecule has 0 aromatic heterocycles. The first-order chi connectivity index (χ1) is 6.56. The molecule has 84 valence electrons. The smallest absolute Gasteiger partial charge is 0.234 e. The van der Waals surface area contributed by atoms with Crippen LogP contribution in [-0.4, -0.2) is 37.7 Å². The van der Waals surface area contributed by atoms with Gasteiger partial charge in [0.05, 0.1) is 12.6 Å². The van der Waals surface area contributed by atoms with Crippen LogP contribution < -0.4 is 10.6 Å². The van der Waals surface area contributed by atoms with E-state index in [1.807, 2.05) is 27.7 Å². The van der Waals surface area contributed by atoms with Crippen LogP contribution in [0.5, 0.6) is 0 Å². The van der Waals surface area contributed by atoms with Crippen LogP contribution in [0.3, 0.4) is 0 Å². The van der Waals surface area contributed by atoms with E-state index in [1.54, 1.807) is 0 Å². The Morgan fingerprint density at radius 3 is 2.50 bits per heavy atom. The molecule has 0 aliphatic carbocycles. The van der Waals surface area contributed by atoms with E-state index < -0.39 is 0 Å². The summed E-state index contributed by atoms with van der Waals surface area (Å²) in [6.45, 7) is 9.54. The summed E-state index contributed by atoms with van der Waals surface area (Å²) in [5.41, 5.74) is 0. The van der Waals surface area contributed by atoms with Crippen molar-refractivity contribution < 1.29 is 9.53 Å². The Hall–Kier alpha value is -0.610. The van der Waals surface area contributed by atoms with Gasteiger partial charge in [-0.3, -0.25) is 4.79 Å². The summed E-state index contributed by atoms with van der Waals surface area (Å²) >= 11 is 0. The van der Waals surface area contributed by atoms with Gasteiger partial charge in [-0.05, 0) is 13.8 Å². The molecule has 1 unspecified atom stereocenters. The molecule has 0 aliphatic heterocycles. The maximum absolute atomic E-state index is 11.2. The lowest BCUT2D eigenvalue weighted by atomic mass is 10.3. The fourth-order valence-corrected chi connectivity index (χ4v) is 0.960. The molecule has 1 amide bonds. The van der Waals surface area contributed by atoms with Crippen LogP contribution in [0, 0.1) is 0 Å². The van der Waals surface area contributed by atoms with E-state index >= 15 is 0 Å². The van der Waals surface area contributed by atoms with Gasteiger partial charge in [-0.1, -0.05) is 13.8 Å². The number of nitrogens with one attached hydrogen (secondary N) is 2. The molecule has 2 N–H and O–H groups in total. The van der Waals surface area contributed by atoms with Crippen molar-refractivity contribution in [3.05, 3.63) is 0 Å². The Labute approximate surface area is 86.4 Å². The molecule has 0 saturated carbocycles. The van der Waals surface area contributed by atoms with Gasteiger partial charge in [-0.15, -0.1) is 0 Å². The molecule has 0 spiro atoms. The van der Waals surface area contributed by atoms with Gasteiger partial charge < -0.3 is 15.4 Å². The third-order valence-electron chi connectivity index (χ3n) is 1.71. The molecular formula is C10H22N2O2. The van der Waals surface area contributed by atoms with Gasteiger partial charge in [0.1, 0.15) is 0 Å². The molecule has 0 saturated heterocycles. The fraction of sp³-hybridized carbons (Fsp3) is 0.900. The van der Waals surface area contributed by atoms with Crippen molar-refractivity contribution in [1.82, 2.24) is 10.6 Å². The van der Waals surface area contributed by atoms with Gasteiger partial charge in [0.15, 0.2) is 0 Å². The van der Waals surface area contributed by atoms with Crippen LogP contribution in [0.1, 0.15) is 27.7 Å². The average Bonchev–Trinajstić information content (AvgIpc) is 2.12. The van der Waals surface area contributed by atoms with Crippen molar-refractivity contribution >= 4 is 5.91 Å². The van der Waals surface area contributed by atoms with E-state index in [1.165, 1.54) is 0 Å². The van der Waals surface area contributed by atoms with Crippen LogP contribution >= 0.6 is 0 Å². The first-order valence-electron chi connectivity index (χ1n) is 5.18. The number of rotatable bonds is 7. The average molecular weight is 202 g/mol. The Kier molecular flexibility index (Phi) is 7.42. The highest BCUT2D eigenvalue weighted by Gasteiger charge is 2.04. The van der Waals surface area contributed by atoms with Crippen LogP contribution in [0.2, 0.25) is 0 Å². The first-order valence-corrected chi connectivity index (χ1v) is 5.18. The van der Waals surface area contributed by atoms with Crippen molar-refractivity contribution in [2.75, 3.05) is 19.7 Å². The topological polar surface area (TPSA) is 50.4 Å². The second-order valence-corrected chi connectivity index (χ2v) is 3.61. The van der Waals surface area contributed by atoms with Crippen molar-refractivity contribution in [1.29, 1.82) is 0 Å². The minimum atomic E-state index is 0.0188. The molecule has 0 aromatic carbocycles. The van der Waals surface area contributed by atoms with Gasteiger partial charge in [0, 0.05) is 19.2 Å². The van der Waals surface area contributed by atoms with E-state index in [0.29, 0.717) is 25.7 Å². The van der Waals surface area contributed by atoms with Crippen molar-refractivity contribution in [2.45, 2.75) is 39.8 Å². The number of carbonyl (C=O) groups is 1. The zero-order chi connectivity index (χ0) is 11.0. The lowest BCUT2D eigenvalue weighted by Crippen LogP contribution is -2.40. The minimum absolute atomic E-state index is 0.0188. The zero-order valence-electron chi connectivity index (χ0n) is 9.59. The summed E-state index contributed by atoms with van der Waals surface area (Å²) in [5.74, 6) is 0.0188. The predicted octanol–water partition coefficient (Wildman–Crippen LogP) is 0.526. The quantitative estimate of drug-likeness (QED) is 0.633. The van der Waals surface area contributed by atoms with Crippen LogP contribution in [0.15, 0.2) is 0 Å². The molecule has 0 rings (SSSR count). The number of hydrogen-bond donors (Lipinski definition) is 2. The zero-order valence-corrected chi connectivity index (χ0v) is 9.59. The third-order valence-corrected chi connectivity index (χ3v) is 1.71. The SMILES string of the molecule is CCOC(C)CNC(=O)CNC(C)C. The van der Waals surface area contributed by atoms with E-state index in [-0.39, 0.29) is 12.0 Å². The second-order valence-electron chi connectivity index (χ2n) is 3.61. The Morgan fingerprint density at radius 2 is 2.00 bits per heavy atom. The van der Waals surface area contributed by atoms with E-state index in [4.69, 9.17) is 4.74 Å². The molecule has 0 bridgehead atoms. The summed E-state index contributed by atoms with van der Waals surface area (Å²) in [6.07, 6.45) is 0.0861. The molecular weight excluding hydrogens is 180 g/mol. The first kappa shape index (κ1) is 13.4. The highest BCUT2D eigenvalue weighted by molar-refractivity contribution is 5.78. The van der Waals surface area contributed by atoms with Gasteiger partial charge in [0.25, 0.3) is 0 Å². The molecule has 0 radical (unpaired) electrons. The van der Waals surface area contributed by atoms with Gasteiger partial charge in [0.2, 0.25) is 5.91 Å². The molecule has 0 aromatic rings. The summed E-state index contributed by atoms with van der Waals surface area (Å²) in [4.78, 5) is 11.2. The Balaban J connectivity index is 3.43. The van der Waals surface area contributed by atoms with Gasteiger partial charge >= 0.3 is 0 Å². The fourth-order valence-electron chi connectivity index (χ4n) is 0.960. The summed E-state index contributed by atoms with van der Waals surface area (Å²) in [5, 5.41) is 5.84.